The Morgan fingerprint density at radius 3 is 2.73 bits per heavy atom. The number of hydrogen-bond donors (Lipinski definition) is 2. The van der Waals surface area contributed by atoms with Crippen LogP contribution >= 0.6 is 0 Å². The Bertz CT molecular complexity index is 717. The quantitative estimate of drug-likeness (QED) is 0.407. The van der Waals surface area contributed by atoms with E-state index in [-0.39, 0.29) is 12.4 Å². The lowest BCUT2D eigenvalue weighted by molar-refractivity contribution is 0.304. The molecule has 0 unspecified atom stereocenters. The van der Waals surface area contributed by atoms with Crippen LogP contribution in [0.3, 0.4) is 0 Å². The molecule has 0 aliphatic heterocycles. The highest BCUT2D eigenvalue weighted by Gasteiger charge is 2.04. The number of unbranched alkanes of at least 4 members (excludes halogenated alkanes) is 1. The molecule has 0 saturated heterocycles. The van der Waals surface area contributed by atoms with Gasteiger partial charge in [0.15, 0.2) is 17.5 Å². The van der Waals surface area contributed by atoms with E-state index in [1.807, 2.05) is 13.1 Å². The summed E-state index contributed by atoms with van der Waals surface area (Å²) >= 11 is 0. The van der Waals surface area contributed by atoms with Gasteiger partial charge in [0, 0.05) is 38.6 Å². The average molecular weight is 365 g/mol. The number of benzene rings is 1. The Morgan fingerprint density at radius 2 is 2.04 bits per heavy atom. The molecule has 1 aromatic carbocycles. The molecule has 0 atom stereocenters. The zero-order valence-electron chi connectivity index (χ0n) is 15.1. The van der Waals surface area contributed by atoms with Crippen molar-refractivity contribution in [2.75, 3.05) is 26.7 Å². The largest absolute Gasteiger partial charge is 0.489 e. The minimum atomic E-state index is -0.708. The summed E-state index contributed by atoms with van der Waals surface area (Å²) in [5, 5.41) is 6.30. The van der Waals surface area contributed by atoms with E-state index in [0.29, 0.717) is 12.5 Å². The number of aromatic nitrogens is 2. The van der Waals surface area contributed by atoms with Gasteiger partial charge in [-0.1, -0.05) is 0 Å². The van der Waals surface area contributed by atoms with Gasteiger partial charge in [-0.05, 0) is 31.9 Å². The van der Waals surface area contributed by atoms with Crippen LogP contribution in [0.5, 0.6) is 5.75 Å². The Labute approximate surface area is 152 Å². The first-order chi connectivity index (χ1) is 12.6. The molecule has 1 heterocycles. The summed E-state index contributed by atoms with van der Waals surface area (Å²) in [6.45, 7) is 4.41. The first-order valence-electron chi connectivity index (χ1n) is 8.60. The Kier molecular flexibility index (Phi) is 7.85. The molecule has 2 rings (SSSR count). The molecule has 2 aromatic rings. The van der Waals surface area contributed by atoms with Crippen LogP contribution in [0.25, 0.3) is 0 Å². The molecular formula is C18H25F2N5O. The van der Waals surface area contributed by atoms with Gasteiger partial charge >= 0.3 is 0 Å². The fourth-order valence-electron chi connectivity index (χ4n) is 2.40. The predicted octanol–water partition coefficient (Wildman–Crippen LogP) is 2.49. The first-order valence-corrected chi connectivity index (χ1v) is 8.60. The lowest BCUT2D eigenvalue weighted by atomic mass is 10.3. The minimum absolute atomic E-state index is 0.0333. The molecule has 0 amide bonds. The monoisotopic (exact) mass is 365 g/mol. The van der Waals surface area contributed by atoms with Gasteiger partial charge in [0.1, 0.15) is 18.2 Å². The Balaban J connectivity index is 1.58. The van der Waals surface area contributed by atoms with Crippen molar-refractivity contribution in [3.63, 3.8) is 0 Å². The SMILES string of the molecule is CN=C(NCCCCn1ccnc1C)NCCOc1ccc(F)cc1F. The van der Waals surface area contributed by atoms with Crippen molar-refractivity contribution >= 4 is 5.96 Å². The second-order valence-corrected chi connectivity index (χ2v) is 5.72. The van der Waals surface area contributed by atoms with Gasteiger partial charge in [0.25, 0.3) is 0 Å². The van der Waals surface area contributed by atoms with Gasteiger partial charge in [-0.15, -0.1) is 0 Å². The highest BCUT2D eigenvalue weighted by molar-refractivity contribution is 5.79. The number of nitrogens with zero attached hydrogens (tertiary/aromatic N) is 3. The van der Waals surface area contributed by atoms with Crippen molar-refractivity contribution in [2.24, 2.45) is 4.99 Å². The molecule has 0 bridgehead atoms. The highest BCUT2D eigenvalue weighted by atomic mass is 19.1. The van der Waals surface area contributed by atoms with E-state index in [1.165, 1.54) is 6.07 Å². The second-order valence-electron chi connectivity index (χ2n) is 5.72. The van der Waals surface area contributed by atoms with E-state index in [2.05, 4.69) is 25.2 Å². The smallest absolute Gasteiger partial charge is 0.191 e. The van der Waals surface area contributed by atoms with E-state index in [9.17, 15) is 8.78 Å². The molecule has 1 aromatic heterocycles. The van der Waals surface area contributed by atoms with Gasteiger partial charge in [-0.3, -0.25) is 4.99 Å². The summed E-state index contributed by atoms with van der Waals surface area (Å²) < 4.78 is 33.7. The summed E-state index contributed by atoms with van der Waals surface area (Å²) in [6, 6.07) is 3.24. The fraction of sp³-hybridized carbons (Fsp3) is 0.444. The van der Waals surface area contributed by atoms with Crippen LogP contribution in [-0.2, 0) is 6.54 Å². The van der Waals surface area contributed by atoms with E-state index < -0.39 is 11.6 Å². The second kappa shape index (κ2) is 10.4. The highest BCUT2D eigenvalue weighted by Crippen LogP contribution is 2.17. The third-order valence-corrected chi connectivity index (χ3v) is 3.81. The standard InChI is InChI=1S/C18H25F2N5O/c1-14-22-8-11-25(14)10-4-3-7-23-18(21-2)24-9-12-26-17-6-5-15(19)13-16(17)20/h5-6,8,11,13H,3-4,7,9-10,12H2,1-2H3,(H2,21,23,24). The lowest BCUT2D eigenvalue weighted by Crippen LogP contribution is -2.39. The van der Waals surface area contributed by atoms with Crippen LogP contribution in [0.4, 0.5) is 8.78 Å². The summed E-state index contributed by atoms with van der Waals surface area (Å²) in [4.78, 5) is 8.32. The summed E-state index contributed by atoms with van der Waals surface area (Å²) in [7, 11) is 1.69. The maximum Gasteiger partial charge on any atom is 0.191 e. The molecule has 142 valence electrons. The lowest BCUT2D eigenvalue weighted by Gasteiger charge is -2.13. The molecule has 0 saturated carbocycles. The maximum atomic E-state index is 13.4. The number of guanidine groups is 1. The molecule has 26 heavy (non-hydrogen) atoms. The third kappa shape index (κ3) is 6.34. The Morgan fingerprint density at radius 1 is 1.23 bits per heavy atom. The normalized spacial score (nSPS) is 11.5. The van der Waals surface area contributed by atoms with Crippen LogP contribution in [0.15, 0.2) is 35.6 Å². The molecule has 2 N–H and O–H groups in total. The van der Waals surface area contributed by atoms with E-state index in [4.69, 9.17) is 4.74 Å². The predicted molar refractivity (Wildman–Crippen MR) is 97.4 cm³/mol. The number of rotatable bonds is 9. The number of aryl methyl sites for hydroxylation is 2. The molecule has 0 aliphatic carbocycles. The fourth-order valence-corrected chi connectivity index (χ4v) is 2.40. The molecule has 0 radical (unpaired) electrons. The van der Waals surface area contributed by atoms with Gasteiger partial charge in [-0.25, -0.2) is 13.8 Å². The summed E-state index contributed by atoms with van der Waals surface area (Å²) in [5.41, 5.74) is 0. The van der Waals surface area contributed by atoms with Gasteiger partial charge in [0.2, 0.25) is 0 Å². The molecule has 0 fully saturated rings. The van der Waals surface area contributed by atoms with E-state index in [0.717, 1.165) is 43.9 Å². The molecular weight excluding hydrogens is 340 g/mol. The van der Waals surface area contributed by atoms with Crippen molar-refractivity contribution < 1.29 is 13.5 Å². The number of halogens is 2. The van der Waals surface area contributed by atoms with Gasteiger partial charge in [0.05, 0.1) is 6.54 Å². The summed E-state index contributed by atoms with van der Waals surface area (Å²) in [5.74, 6) is 0.382. The third-order valence-electron chi connectivity index (χ3n) is 3.81. The summed E-state index contributed by atoms with van der Waals surface area (Å²) in [6.07, 6.45) is 5.82. The van der Waals surface area contributed by atoms with E-state index >= 15 is 0 Å². The van der Waals surface area contributed by atoms with Crippen LogP contribution in [-0.4, -0.2) is 42.3 Å². The zero-order chi connectivity index (χ0) is 18.8. The van der Waals surface area contributed by atoms with Crippen molar-refractivity contribution in [3.8, 4) is 5.75 Å². The maximum absolute atomic E-state index is 13.4. The van der Waals surface area contributed by atoms with Crippen molar-refractivity contribution in [3.05, 3.63) is 48.1 Å². The van der Waals surface area contributed by atoms with Gasteiger partial charge < -0.3 is 19.9 Å². The number of nitrogens with one attached hydrogen (secondary N) is 2. The van der Waals surface area contributed by atoms with Crippen LogP contribution in [0, 0.1) is 18.6 Å². The van der Waals surface area contributed by atoms with Crippen LogP contribution in [0.1, 0.15) is 18.7 Å². The van der Waals surface area contributed by atoms with Gasteiger partial charge in [-0.2, -0.15) is 0 Å². The van der Waals surface area contributed by atoms with Crippen molar-refractivity contribution in [1.82, 2.24) is 20.2 Å². The zero-order valence-corrected chi connectivity index (χ0v) is 15.1. The minimum Gasteiger partial charge on any atom is -0.489 e. The number of hydrogen-bond acceptors (Lipinski definition) is 3. The first kappa shape index (κ1) is 19.7. The van der Waals surface area contributed by atoms with Crippen LogP contribution in [0.2, 0.25) is 0 Å². The van der Waals surface area contributed by atoms with Crippen molar-refractivity contribution in [2.45, 2.75) is 26.3 Å². The number of ether oxygens (including phenoxy) is 1. The number of aliphatic imine (C=N–C) groups is 1. The van der Waals surface area contributed by atoms with E-state index in [1.54, 1.807) is 13.2 Å². The average Bonchev–Trinajstić information content (AvgIpc) is 3.03. The topological polar surface area (TPSA) is 63.5 Å². The van der Waals surface area contributed by atoms with Crippen LogP contribution < -0.4 is 15.4 Å². The Hall–Kier alpha value is -2.64. The number of imidazole rings is 1. The molecule has 6 nitrogen and oxygen atoms in total. The molecule has 0 aliphatic rings. The van der Waals surface area contributed by atoms with Crippen molar-refractivity contribution in [1.29, 1.82) is 0 Å². The molecule has 8 heteroatoms. The molecule has 0 spiro atoms.